The van der Waals surface area contributed by atoms with Crippen LogP contribution in [0.15, 0.2) is 60.7 Å². The van der Waals surface area contributed by atoms with Gasteiger partial charge in [-0.1, -0.05) is 90.1 Å². The number of fused-ring (bicyclic) bond motifs is 2. The highest BCUT2D eigenvalue weighted by Gasteiger charge is 2.32. The monoisotopic (exact) mass is 973 g/mol. The number of halogens is 2. The van der Waals surface area contributed by atoms with E-state index in [-0.39, 0.29) is 18.2 Å². The minimum Gasteiger partial charge on any atom is -0.490 e. The number of carbonyl (C=O) groups is 2. The molecule has 55 heavy (non-hydrogen) atoms. The van der Waals surface area contributed by atoms with Gasteiger partial charge in [-0.3, -0.25) is 9.59 Å². The molecule has 4 aromatic carbocycles. The lowest BCUT2D eigenvalue weighted by Gasteiger charge is -2.37. The van der Waals surface area contributed by atoms with E-state index in [9.17, 15) is 9.59 Å². The Morgan fingerprint density at radius 2 is 1.16 bits per heavy atom. The lowest BCUT2D eigenvalue weighted by molar-refractivity contribution is -0.142. The molecule has 298 valence electrons. The number of ether oxygens (including phenoxy) is 3. The Bertz CT molecular complexity index is 1900. The van der Waals surface area contributed by atoms with Gasteiger partial charge in [0.25, 0.3) is 0 Å². The molecule has 0 heterocycles. The van der Waals surface area contributed by atoms with Crippen LogP contribution in [0, 0.1) is 29.8 Å². The number of hydrogen-bond donors (Lipinski definition) is 1. The number of aldehydes is 1. The van der Waals surface area contributed by atoms with Crippen LogP contribution >= 0.6 is 45.2 Å². The zero-order valence-electron chi connectivity index (χ0n) is 33.9. The quantitative estimate of drug-likeness (QED) is 0.0699. The molecule has 2 fully saturated rings. The molecule has 0 unspecified atom stereocenters. The fourth-order valence-electron chi connectivity index (χ4n) is 8.29. The molecule has 6 nitrogen and oxygen atoms in total. The van der Waals surface area contributed by atoms with E-state index in [1.54, 1.807) is 0 Å². The largest absolute Gasteiger partial charge is 0.490 e. The number of hydrogen-bond acceptors (Lipinski definition) is 6. The van der Waals surface area contributed by atoms with Gasteiger partial charge in [-0.05, 0) is 160 Å². The molecule has 2 saturated carbocycles. The summed E-state index contributed by atoms with van der Waals surface area (Å²) < 4.78 is 20.3. The second-order valence-corrected chi connectivity index (χ2v) is 19.8. The number of carbonyl (C=O) groups excluding carboxylic acids is 2. The van der Waals surface area contributed by atoms with Crippen LogP contribution in [-0.2, 0) is 16.1 Å². The van der Waals surface area contributed by atoms with Crippen LogP contribution < -0.4 is 14.8 Å². The van der Waals surface area contributed by atoms with Crippen LogP contribution in [0.1, 0.15) is 122 Å². The second kappa shape index (κ2) is 19.8. The summed E-state index contributed by atoms with van der Waals surface area (Å²) in [6.07, 6.45) is 11.0. The number of benzene rings is 4. The van der Waals surface area contributed by atoms with E-state index < -0.39 is 0 Å². The van der Waals surface area contributed by atoms with Gasteiger partial charge in [0.05, 0.1) is 30.8 Å². The van der Waals surface area contributed by atoms with Crippen LogP contribution in [0.4, 0.5) is 0 Å². The number of rotatable bonds is 11. The summed E-state index contributed by atoms with van der Waals surface area (Å²) in [4.78, 5) is 23.3. The van der Waals surface area contributed by atoms with Crippen molar-refractivity contribution in [1.82, 2.24) is 5.32 Å². The molecule has 0 spiro atoms. The van der Waals surface area contributed by atoms with E-state index in [1.165, 1.54) is 45.6 Å². The molecule has 4 aromatic rings. The highest BCUT2D eigenvalue weighted by molar-refractivity contribution is 14.1. The van der Waals surface area contributed by atoms with E-state index in [4.69, 9.17) is 14.2 Å². The van der Waals surface area contributed by atoms with Crippen molar-refractivity contribution in [3.8, 4) is 11.5 Å². The Morgan fingerprint density at radius 3 is 1.65 bits per heavy atom. The zero-order valence-corrected chi connectivity index (χ0v) is 38.3. The molecule has 0 aliphatic heterocycles. The molecule has 0 atom stereocenters. The van der Waals surface area contributed by atoms with Gasteiger partial charge in [0.15, 0.2) is 6.29 Å². The van der Waals surface area contributed by atoms with Gasteiger partial charge in [0.2, 0.25) is 0 Å². The molecule has 1 N–H and O–H groups in total. The molecule has 8 heteroatoms. The van der Waals surface area contributed by atoms with Gasteiger partial charge in [0.1, 0.15) is 11.5 Å². The fourth-order valence-corrected chi connectivity index (χ4v) is 9.80. The van der Waals surface area contributed by atoms with E-state index in [2.05, 4.69) is 128 Å². The van der Waals surface area contributed by atoms with Crippen molar-refractivity contribution in [3.05, 3.63) is 78.9 Å². The average molecular weight is 974 g/mol. The normalized spacial score (nSPS) is 20.4. The van der Waals surface area contributed by atoms with Crippen LogP contribution in [0.25, 0.3) is 21.5 Å². The maximum absolute atomic E-state index is 11.7. The molecule has 0 aromatic heterocycles. The Kier molecular flexibility index (Phi) is 15.7. The third kappa shape index (κ3) is 11.8. The Labute approximate surface area is 356 Å². The van der Waals surface area contributed by atoms with E-state index in [0.717, 1.165) is 69.6 Å². The molecule has 6 rings (SSSR count). The highest BCUT2D eigenvalue weighted by atomic mass is 127. The van der Waals surface area contributed by atoms with Crippen LogP contribution in [0.5, 0.6) is 11.5 Å². The summed E-state index contributed by atoms with van der Waals surface area (Å²) in [6, 6.07) is 20.7. The SMILES string of the molecule is CC(C)(C)C1CCC(Oc2cc(I)c3ccccc3c2C=O)CC1.CCOC(=O)CCNCc1c(OC2CCC(C(C)(C)C)CC2)cc(I)c2ccccc12. The number of esters is 1. The van der Waals surface area contributed by atoms with Crippen molar-refractivity contribution < 1.29 is 23.8 Å². The predicted octanol–water partition coefficient (Wildman–Crippen LogP) is 12.7. The summed E-state index contributed by atoms with van der Waals surface area (Å²) in [5.74, 6) is 3.10. The lowest BCUT2D eigenvalue weighted by Crippen LogP contribution is -2.31. The molecule has 0 saturated heterocycles. The summed E-state index contributed by atoms with van der Waals surface area (Å²) in [5, 5.41) is 7.99. The standard InChI is InChI=1S/C26H36INO3.C21H25IO2/c1-5-30-25(29)14-15-28-17-22-20-8-6-7-9-21(20)23(27)16-24(22)31-19-12-10-18(11-13-19)26(2,3)4;1-21(2,3)14-8-10-15(11-9-14)24-20-12-19(22)17-7-5-4-6-16(17)18(20)13-23/h6-9,16,18-19,28H,5,10-15,17H2,1-4H3;4-7,12-15H,8-11H2,1-3H3. The molecule has 0 bridgehead atoms. The second-order valence-electron chi connectivity index (χ2n) is 17.5. The van der Waals surface area contributed by atoms with E-state index in [1.807, 2.05) is 31.2 Å². The summed E-state index contributed by atoms with van der Waals surface area (Å²) in [6.45, 7) is 17.6. The molecule has 2 aliphatic carbocycles. The highest BCUT2D eigenvalue weighted by Crippen LogP contribution is 2.42. The third-order valence-corrected chi connectivity index (χ3v) is 13.5. The summed E-state index contributed by atoms with van der Waals surface area (Å²) in [5.41, 5.74) is 2.61. The minimum absolute atomic E-state index is 0.158. The maximum Gasteiger partial charge on any atom is 0.307 e. The molecule has 0 amide bonds. The van der Waals surface area contributed by atoms with Crippen molar-refractivity contribution in [1.29, 1.82) is 0 Å². The molecular formula is C47H61I2NO5. The van der Waals surface area contributed by atoms with Gasteiger partial charge in [-0.2, -0.15) is 0 Å². The van der Waals surface area contributed by atoms with Gasteiger partial charge in [-0.25, -0.2) is 0 Å². The minimum atomic E-state index is -0.158. The first kappa shape index (κ1) is 43.7. The van der Waals surface area contributed by atoms with Gasteiger partial charge >= 0.3 is 5.97 Å². The predicted molar refractivity (Wildman–Crippen MR) is 243 cm³/mol. The number of nitrogens with one attached hydrogen (secondary N) is 1. The van der Waals surface area contributed by atoms with Crippen LogP contribution in [-0.4, -0.2) is 37.6 Å². The lowest BCUT2D eigenvalue weighted by atomic mass is 9.72. The Balaban J connectivity index is 0.000000218. The first-order chi connectivity index (χ1) is 26.2. The summed E-state index contributed by atoms with van der Waals surface area (Å²) in [7, 11) is 0. The van der Waals surface area contributed by atoms with Crippen molar-refractivity contribution in [2.24, 2.45) is 22.7 Å². The van der Waals surface area contributed by atoms with Crippen molar-refractivity contribution in [2.75, 3.05) is 13.2 Å². The zero-order chi connectivity index (χ0) is 39.8. The Morgan fingerprint density at radius 1 is 0.709 bits per heavy atom. The van der Waals surface area contributed by atoms with Crippen molar-refractivity contribution in [2.45, 2.75) is 125 Å². The van der Waals surface area contributed by atoms with Gasteiger partial charge in [-0.15, -0.1) is 0 Å². The molecular weight excluding hydrogens is 912 g/mol. The van der Waals surface area contributed by atoms with Crippen molar-refractivity contribution >= 4 is 79.0 Å². The molecule has 0 radical (unpaired) electrons. The third-order valence-electron chi connectivity index (χ3n) is 11.7. The van der Waals surface area contributed by atoms with Crippen molar-refractivity contribution in [3.63, 3.8) is 0 Å². The van der Waals surface area contributed by atoms with Crippen LogP contribution in [0.2, 0.25) is 0 Å². The maximum atomic E-state index is 11.7. The fraction of sp³-hybridized carbons (Fsp3) is 0.532. The van der Waals surface area contributed by atoms with E-state index in [0.29, 0.717) is 42.5 Å². The first-order valence-electron chi connectivity index (χ1n) is 20.3. The topological polar surface area (TPSA) is 73.9 Å². The van der Waals surface area contributed by atoms with Gasteiger partial charge in [0, 0.05) is 25.8 Å². The van der Waals surface area contributed by atoms with Crippen LogP contribution in [0.3, 0.4) is 0 Å². The van der Waals surface area contributed by atoms with Gasteiger partial charge < -0.3 is 19.5 Å². The Hall–Kier alpha value is -2.44. The average Bonchev–Trinajstić information content (AvgIpc) is 3.15. The van der Waals surface area contributed by atoms with E-state index >= 15 is 0 Å². The molecule has 2 aliphatic rings. The first-order valence-corrected chi connectivity index (χ1v) is 22.4. The summed E-state index contributed by atoms with van der Waals surface area (Å²) >= 11 is 4.74. The smallest absolute Gasteiger partial charge is 0.307 e.